The molecule has 2 atom stereocenters. The van der Waals surface area contributed by atoms with E-state index in [9.17, 15) is 14.3 Å². The largest absolute Gasteiger partial charge is 0.464 e. The van der Waals surface area contributed by atoms with Gasteiger partial charge in [-0.25, -0.2) is 9.18 Å². The highest BCUT2D eigenvalue weighted by atomic mass is 19.1. The molecule has 82 valence electrons. The van der Waals surface area contributed by atoms with Gasteiger partial charge in [0.1, 0.15) is 0 Å². The fourth-order valence-electron chi connectivity index (χ4n) is 1.17. The highest BCUT2D eigenvalue weighted by Gasteiger charge is 2.28. The zero-order valence-corrected chi connectivity index (χ0v) is 8.39. The summed E-state index contributed by atoms with van der Waals surface area (Å²) in [6, 6.07) is 8.02. The first-order chi connectivity index (χ1) is 7.16. The van der Waals surface area contributed by atoms with Crippen LogP contribution in [0.15, 0.2) is 30.3 Å². The van der Waals surface area contributed by atoms with Gasteiger partial charge in [0.15, 0.2) is 12.3 Å². The van der Waals surface area contributed by atoms with E-state index in [2.05, 4.69) is 4.74 Å². The summed E-state index contributed by atoms with van der Waals surface area (Å²) in [6.45, 7) is 1.72. The number of hydrogen-bond donors (Lipinski definition) is 1. The Labute approximate surface area is 87.5 Å². The summed E-state index contributed by atoms with van der Waals surface area (Å²) in [4.78, 5) is 11.0. The second kappa shape index (κ2) is 5.46. The lowest BCUT2D eigenvalue weighted by molar-refractivity contribution is -0.156. The average molecular weight is 212 g/mol. The second-order valence-corrected chi connectivity index (χ2v) is 3.01. The van der Waals surface area contributed by atoms with Crippen LogP contribution in [0.4, 0.5) is 4.39 Å². The molecule has 0 aliphatic rings. The van der Waals surface area contributed by atoms with Crippen molar-refractivity contribution >= 4 is 5.97 Å². The molecule has 0 aliphatic heterocycles. The minimum absolute atomic E-state index is 0.122. The fraction of sp³-hybridized carbons (Fsp3) is 0.364. The van der Waals surface area contributed by atoms with E-state index in [1.165, 1.54) is 12.1 Å². The number of aliphatic hydroxyl groups excluding tert-OH is 1. The summed E-state index contributed by atoms with van der Waals surface area (Å²) in [5, 5.41) is 9.32. The molecule has 0 radical (unpaired) electrons. The monoisotopic (exact) mass is 212 g/mol. The number of rotatable bonds is 4. The van der Waals surface area contributed by atoms with Crippen molar-refractivity contribution in [3.8, 4) is 0 Å². The minimum Gasteiger partial charge on any atom is -0.464 e. The Kier molecular flexibility index (Phi) is 4.24. The Morgan fingerprint density at radius 3 is 2.60 bits per heavy atom. The van der Waals surface area contributed by atoms with Crippen molar-refractivity contribution in [3.05, 3.63) is 35.9 Å². The van der Waals surface area contributed by atoms with Gasteiger partial charge in [-0.15, -0.1) is 0 Å². The average Bonchev–Trinajstić information content (AvgIpc) is 2.28. The van der Waals surface area contributed by atoms with Gasteiger partial charge in [0.05, 0.1) is 6.61 Å². The van der Waals surface area contributed by atoms with Gasteiger partial charge in [-0.1, -0.05) is 30.3 Å². The van der Waals surface area contributed by atoms with E-state index in [-0.39, 0.29) is 12.2 Å². The molecule has 0 fully saturated rings. The molecular formula is C11H13FO3. The van der Waals surface area contributed by atoms with Crippen molar-refractivity contribution in [2.24, 2.45) is 0 Å². The van der Waals surface area contributed by atoms with E-state index < -0.39 is 18.2 Å². The topological polar surface area (TPSA) is 46.5 Å². The van der Waals surface area contributed by atoms with Gasteiger partial charge in [-0.2, -0.15) is 0 Å². The lowest BCUT2D eigenvalue weighted by Crippen LogP contribution is -2.27. The fourth-order valence-corrected chi connectivity index (χ4v) is 1.17. The Morgan fingerprint density at radius 1 is 1.47 bits per heavy atom. The second-order valence-electron chi connectivity index (χ2n) is 3.01. The SMILES string of the molecule is CCOC(=O)C(O)C(F)c1ccccc1. The Hall–Kier alpha value is -1.42. The molecule has 0 spiro atoms. The van der Waals surface area contributed by atoms with Crippen LogP contribution in [0.1, 0.15) is 18.7 Å². The number of ether oxygens (including phenoxy) is 1. The molecule has 1 aromatic carbocycles. The van der Waals surface area contributed by atoms with Crippen molar-refractivity contribution < 1.29 is 19.0 Å². The zero-order chi connectivity index (χ0) is 11.3. The maximum Gasteiger partial charge on any atom is 0.338 e. The summed E-state index contributed by atoms with van der Waals surface area (Å²) in [6.07, 6.45) is -3.50. The summed E-state index contributed by atoms with van der Waals surface area (Å²) in [5.41, 5.74) is 0.262. The number of esters is 1. The molecule has 0 saturated carbocycles. The molecule has 0 aliphatic carbocycles. The molecule has 0 bridgehead atoms. The van der Waals surface area contributed by atoms with Crippen LogP contribution in [0, 0.1) is 0 Å². The lowest BCUT2D eigenvalue weighted by Gasteiger charge is -2.14. The van der Waals surface area contributed by atoms with Crippen molar-refractivity contribution in [1.29, 1.82) is 0 Å². The van der Waals surface area contributed by atoms with Gasteiger partial charge < -0.3 is 9.84 Å². The van der Waals surface area contributed by atoms with Crippen LogP contribution in [0.5, 0.6) is 0 Å². The first-order valence-electron chi connectivity index (χ1n) is 4.70. The molecule has 0 saturated heterocycles. The van der Waals surface area contributed by atoms with Crippen molar-refractivity contribution in [2.75, 3.05) is 6.61 Å². The molecule has 15 heavy (non-hydrogen) atoms. The number of halogens is 1. The minimum atomic E-state index is -1.76. The molecule has 1 N–H and O–H groups in total. The van der Waals surface area contributed by atoms with Gasteiger partial charge >= 0.3 is 5.97 Å². The summed E-state index contributed by atoms with van der Waals surface area (Å²) < 4.78 is 18.1. The molecule has 1 rings (SSSR count). The van der Waals surface area contributed by atoms with E-state index in [4.69, 9.17) is 0 Å². The first kappa shape index (κ1) is 11.7. The number of aliphatic hydroxyl groups is 1. The normalized spacial score (nSPS) is 14.3. The highest BCUT2D eigenvalue weighted by Crippen LogP contribution is 2.21. The summed E-state index contributed by atoms with van der Waals surface area (Å²) >= 11 is 0. The highest BCUT2D eigenvalue weighted by molar-refractivity contribution is 5.75. The van der Waals surface area contributed by atoms with Gasteiger partial charge in [-0.05, 0) is 12.5 Å². The number of alkyl halides is 1. The Morgan fingerprint density at radius 2 is 2.07 bits per heavy atom. The number of hydrogen-bond acceptors (Lipinski definition) is 3. The molecule has 3 nitrogen and oxygen atoms in total. The van der Waals surface area contributed by atoms with Crippen molar-refractivity contribution in [2.45, 2.75) is 19.2 Å². The van der Waals surface area contributed by atoms with E-state index in [0.717, 1.165) is 0 Å². The Bertz CT molecular complexity index is 313. The van der Waals surface area contributed by atoms with Crippen molar-refractivity contribution in [1.82, 2.24) is 0 Å². The van der Waals surface area contributed by atoms with Gasteiger partial charge in [0.2, 0.25) is 0 Å². The maximum absolute atomic E-state index is 13.6. The number of carbonyl (C=O) groups is 1. The third kappa shape index (κ3) is 3.02. The molecular weight excluding hydrogens is 199 g/mol. The molecule has 1 aromatic rings. The van der Waals surface area contributed by atoms with E-state index >= 15 is 0 Å². The van der Waals surface area contributed by atoms with E-state index in [0.29, 0.717) is 0 Å². The predicted octanol–water partition coefficient (Wildman–Crippen LogP) is 1.62. The maximum atomic E-state index is 13.6. The van der Waals surface area contributed by atoms with Crippen LogP contribution < -0.4 is 0 Å². The van der Waals surface area contributed by atoms with Crippen LogP contribution in [0.25, 0.3) is 0 Å². The third-order valence-corrected chi connectivity index (χ3v) is 1.92. The first-order valence-corrected chi connectivity index (χ1v) is 4.70. The third-order valence-electron chi connectivity index (χ3n) is 1.92. The van der Waals surface area contributed by atoms with Crippen LogP contribution in [-0.2, 0) is 9.53 Å². The Balaban J connectivity index is 2.68. The molecule has 4 heteroatoms. The van der Waals surface area contributed by atoms with Gasteiger partial charge in [-0.3, -0.25) is 0 Å². The molecule has 2 unspecified atom stereocenters. The number of benzene rings is 1. The quantitative estimate of drug-likeness (QED) is 0.771. The summed E-state index contributed by atoms with van der Waals surface area (Å²) in [7, 11) is 0. The van der Waals surface area contributed by atoms with Crippen LogP contribution in [0.2, 0.25) is 0 Å². The van der Waals surface area contributed by atoms with E-state index in [1.54, 1.807) is 25.1 Å². The molecule has 0 aromatic heterocycles. The standard InChI is InChI=1S/C11H13FO3/c1-2-15-11(14)10(13)9(12)8-6-4-3-5-7-8/h3-7,9-10,13H,2H2,1H3. The molecule has 0 amide bonds. The van der Waals surface area contributed by atoms with E-state index in [1.807, 2.05) is 0 Å². The zero-order valence-electron chi connectivity index (χ0n) is 8.39. The van der Waals surface area contributed by atoms with Gasteiger partial charge in [0.25, 0.3) is 0 Å². The van der Waals surface area contributed by atoms with Crippen LogP contribution >= 0.6 is 0 Å². The summed E-state index contributed by atoms with van der Waals surface area (Å²) in [5.74, 6) is -0.936. The predicted molar refractivity (Wildman–Crippen MR) is 52.9 cm³/mol. The van der Waals surface area contributed by atoms with Crippen LogP contribution in [0.3, 0.4) is 0 Å². The number of carbonyl (C=O) groups excluding carboxylic acids is 1. The van der Waals surface area contributed by atoms with Gasteiger partial charge in [0, 0.05) is 0 Å². The smallest absolute Gasteiger partial charge is 0.338 e. The molecule has 0 heterocycles. The van der Waals surface area contributed by atoms with Crippen molar-refractivity contribution in [3.63, 3.8) is 0 Å². The lowest BCUT2D eigenvalue weighted by atomic mass is 10.1. The van der Waals surface area contributed by atoms with Crippen LogP contribution in [-0.4, -0.2) is 23.8 Å².